The van der Waals surface area contributed by atoms with Crippen LogP contribution in [0.4, 0.5) is 0 Å². The minimum Gasteiger partial charge on any atom is -0.497 e. The van der Waals surface area contributed by atoms with Crippen molar-refractivity contribution < 1.29 is 14.3 Å². The van der Waals surface area contributed by atoms with Crippen LogP contribution >= 0.6 is 0 Å². The normalized spacial score (nSPS) is 10.1. The molecule has 0 radical (unpaired) electrons. The molecule has 3 aromatic rings. The summed E-state index contributed by atoms with van der Waals surface area (Å²) in [5, 5.41) is 4.44. The van der Waals surface area contributed by atoms with Gasteiger partial charge in [-0.2, -0.15) is 5.10 Å². The van der Waals surface area contributed by atoms with Crippen molar-refractivity contribution in [2.24, 2.45) is 5.10 Å². The summed E-state index contributed by atoms with van der Waals surface area (Å²) in [5.74, 6) is 0.778. The van der Waals surface area contributed by atoms with Gasteiger partial charge in [0.15, 0.2) is 0 Å². The topological polar surface area (TPSA) is 59.9 Å². The molecular weight excluding hydrogens is 364 g/mol. The zero-order chi connectivity index (χ0) is 20.5. The molecule has 0 aliphatic rings. The molecular formula is C24H24N2O3. The maximum Gasteiger partial charge on any atom is 0.271 e. The third kappa shape index (κ3) is 5.94. The second-order valence-corrected chi connectivity index (χ2v) is 6.55. The van der Waals surface area contributed by atoms with Crippen LogP contribution in [0, 0.1) is 0 Å². The predicted molar refractivity (Wildman–Crippen MR) is 115 cm³/mol. The van der Waals surface area contributed by atoms with E-state index < -0.39 is 0 Å². The van der Waals surface area contributed by atoms with Gasteiger partial charge in [-0.05, 0) is 23.3 Å². The zero-order valence-electron chi connectivity index (χ0n) is 16.6. The fraction of sp³-hybridized carbons (Fsp3) is 0.167. The van der Waals surface area contributed by atoms with Gasteiger partial charge in [0.1, 0.15) is 11.5 Å². The number of nitrogens with zero attached hydrogens (tertiary/aromatic N) is 1. The van der Waals surface area contributed by atoms with Gasteiger partial charge < -0.3 is 9.47 Å². The summed E-state index contributed by atoms with van der Waals surface area (Å²) >= 11 is 0. The third-order valence-corrected chi connectivity index (χ3v) is 4.43. The van der Waals surface area contributed by atoms with Crippen LogP contribution in [0.1, 0.15) is 21.5 Å². The zero-order valence-corrected chi connectivity index (χ0v) is 16.6. The van der Waals surface area contributed by atoms with Crippen LogP contribution in [-0.2, 0) is 12.8 Å². The average Bonchev–Trinajstić information content (AvgIpc) is 2.78. The molecule has 1 amide bonds. The Morgan fingerprint density at radius 1 is 0.793 bits per heavy atom. The summed E-state index contributed by atoms with van der Waals surface area (Å²) in [6.45, 7) is 0. The van der Waals surface area contributed by atoms with Gasteiger partial charge in [-0.25, -0.2) is 5.43 Å². The summed E-state index contributed by atoms with van der Waals surface area (Å²) in [7, 11) is 3.10. The van der Waals surface area contributed by atoms with Crippen LogP contribution in [0.25, 0.3) is 0 Å². The first kappa shape index (κ1) is 20.1. The first-order chi connectivity index (χ1) is 14.2. The number of rotatable bonds is 8. The summed E-state index contributed by atoms with van der Waals surface area (Å²) in [6, 6.07) is 25.2. The highest BCUT2D eigenvalue weighted by Gasteiger charge is 2.11. The maximum absolute atomic E-state index is 12.7. The van der Waals surface area contributed by atoms with Gasteiger partial charge in [-0.1, -0.05) is 60.7 Å². The van der Waals surface area contributed by atoms with E-state index >= 15 is 0 Å². The molecule has 0 spiro atoms. The van der Waals surface area contributed by atoms with Crippen LogP contribution < -0.4 is 14.9 Å². The molecule has 1 N–H and O–H groups in total. The highest BCUT2D eigenvalue weighted by atomic mass is 16.5. The van der Waals surface area contributed by atoms with E-state index in [4.69, 9.17) is 9.47 Å². The number of amides is 1. The molecule has 148 valence electrons. The lowest BCUT2D eigenvalue weighted by Gasteiger charge is -2.10. The second-order valence-electron chi connectivity index (χ2n) is 6.55. The standard InChI is InChI=1S/C24H24N2O3/c1-28-22-15-20(16-23(17-22)29-2)24(27)26-25-21(13-18-9-5-3-6-10-18)14-19-11-7-4-8-12-19/h3-12,15-17H,13-14H2,1-2H3,(H,26,27). The lowest BCUT2D eigenvalue weighted by molar-refractivity contribution is 0.0954. The Balaban J connectivity index is 1.80. The molecule has 29 heavy (non-hydrogen) atoms. The van der Waals surface area contributed by atoms with Crippen molar-refractivity contribution in [2.45, 2.75) is 12.8 Å². The van der Waals surface area contributed by atoms with Gasteiger partial charge >= 0.3 is 0 Å². The van der Waals surface area contributed by atoms with Gasteiger partial charge in [-0.3, -0.25) is 4.79 Å². The first-order valence-corrected chi connectivity index (χ1v) is 9.34. The Bertz CT molecular complexity index is 904. The van der Waals surface area contributed by atoms with Gasteiger partial charge in [0.25, 0.3) is 5.91 Å². The molecule has 0 atom stereocenters. The highest BCUT2D eigenvalue weighted by molar-refractivity contribution is 5.96. The molecule has 3 rings (SSSR count). The summed E-state index contributed by atoms with van der Waals surface area (Å²) < 4.78 is 10.5. The SMILES string of the molecule is COc1cc(OC)cc(C(=O)NN=C(Cc2ccccc2)Cc2ccccc2)c1. The van der Waals surface area contributed by atoms with Crippen molar-refractivity contribution in [1.82, 2.24) is 5.43 Å². The van der Waals surface area contributed by atoms with Gasteiger partial charge in [0.2, 0.25) is 0 Å². The number of methoxy groups -OCH3 is 2. The number of hydrazone groups is 1. The number of benzene rings is 3. The van der Waals surface area contributed by atoms with Crippen LogP contribution in [0.3, 0.4) is 0 Å². The van der Waals surface area contributed by atoms with Gasteiger partial charge in [0, 0.05) is 30.2 Å². The van der Waals surface area contributed by atoms with Crippen LogP contribution in [-0.4, -0.2) is 25.8 Å². The molecule has 0 fully saturated rings. The van der Waals surface area contributed by atoms with Gasteiger partial charge in [-0.15, -0.1) is 0 Å². The largest absolute Gasteiger partial charge is 0.497 e. The van der Waals surface area contributed by atoms with E-state index in [-0.39, 0.29) is 5.91 Å². The smallest absolute Gasteiger partial charge is 0.271 e. The third-order valence-electron chi connectivity index (χ3n) is 4.43. The Hall–Kier alpha value is -3.60. The van der Waals surface area contributed by atoms with Crippen LogP contribution in [0.2, 0.25) is 0 Å². The van der Waals surface area contributed by atoms with E-state index in [1.165, 1.54) is 0 Å². The molecule has 0 unspecified atom stereocenters. The van der Waals surface area contributed by atoms with E-state index in [0.29, 0.717) is 29.9 Å². The lowest BCUT2D eigenvalue weighted by Crippen LogP contribution is -2.21. The number of carbonyl (C=O) groups excluding carboxylic acids is 1. The van der Waals surface area contributed by atoms with E-state index in [1.54, 1.807) is 32.4 Å². The second kappa shape index (κ2) is 10.1. The monoisotopic (exact) mass is 388 g/mol. The van der Waals surface area contributed by atoms with Crippen LogP contribution in [0.5, 0.6) is 11.5 Å². The number of ether oxygens (including phenoxy) is 2. The Morgan fingerprint density at radius 2 is 1.28 bits per heavy atom. The molecule has 0 aromatic heterocycles. The molecule has 5 nitrogen and oxygen atoms in total. The fourth-order valence-electron chi connectivity index (χ4n) is 2.94. The first-order valence-electron chi connectivity index (χ1n) is 9.34. The molecule has 5 heteroatoms. The van der Waals surface area contributed by atoms with Crippen LogP contribution in [0.15, 0.2) is 84.0 Å². The van der Waals surface area contributed by atoms with E-state index in [9.17, 15) is 4.79 Å². The number of nitrogens with one attached hydrogen (secondary N) is 1. The van der Waals surface area contributed by atoms with E-state index in [1.807, 2.05) is 36.4 Å². The maximum atomic E-state index is 12.7. The van der Waals surface area contributed by atoms with E-state index in [2.05, 4.69) is 34.8 Å². The summed E-state index contributed by atoms with van der Waals surface area (Å²) in [5.41, 5.74) is 6.24. The quantitative estimate of drug-likeness (QED) is 0.463. The number of hydrogen-bond donors (Lipinski definition) is 1. The predicted octanol–water partition coefficient (Wildman–Crippen LogP) is 4.28. The van der Waals surface area contributed by atoms with Crippen molar-refractivity contribution in [3.05, 3.63) is 95.6 Å². The van der Waals surface area contributed by atoms with E-state index in [0.717, 1.165) is 16.8 Å². The summed E-state index contributed by atoms with van der Waals surface area (Å²) in [4.78, 5) is 12.7. The minimum absolute atomic E-state index is 0.319. The minimum atomic E-state index is -0.319. The summed E-state index contributed by atoms with van der Waals surface area (Å²) in [6.07, 6.45) is 1.30. The molecule has 0 saturated heterocycles. The number of hydrogen-bond acceptors (Lipinski definition) is 4. The molecule has 0 aliphatic heterocycles. The number of carbonyl (C=O) groups is 1. The van der Waals surface area contributed by atoms with Crippen molar-refractivity contribution in [1.29, 1.82) is 0 Å². The molecule has 3 aromatic carbocycles. The van der Waals surface area contributed by atoms with Gasteiger partial charge in [0.05, 0.1) is 14.2 Å². The Kier molecular flexibility index (Phi) is 7.00. The molecule has 0 saturated carbocycles. The molecule has 0 aliphatic carbocycles. The van der Waals surface area contributed by atoms with Crippen molar-refractivity contribution in [3.8, 4) is 11.5 Å². The average molecular weight is 388 g/mol. The van der Waals surface area contributed by atoms with Crippen molar-refractivity contribution in [3.63, 3.8) is 0 Å². The molecule has 0 heterocycles. The lowest BCUT2D eigenvalue weighted by atomic mass is 10.0. The van der Waals surface area contributed by atoms with Crippen molar-refractivity contribution >= 4 is 11.6 Å². The highest BCUT2D eigenvalue weighted by Crippen LogP contribution is 2.22. The Labute approximate surface area is 171 Å². The van der Waals surface area contributed by atoms with Crippen molar-refractivity contribution in [2.75, 3.05) is 14.2 Å². The molecule has 0 bridgehead atoms. The fourth-order valence-corrected chi connectivity index (χ4v) is 2.94. The Morgan fingerprint density at radius 3 is 1.72 bits per heavy atom.